The van der Waals surface area contributed by atoms with E-state index >= 15 is 0 Å². The van der Waals surface area contributed by atoms with Gasteiger partial charge in [0.15, 0.2) is 0 Å². The molecule has 0 amide bonds. The lowest BCUT2D eigenvalue weighted by Crippen LogP contribution is -2.58. The van der Waals surface area contributed by atoms with Crippen molar-refractivity contribution in [2.45, 2.75) is 69.5 Å². The first-order valence-corrected chi connectivity index (χ1v) is 8.18. The Bertz CT molecular complexity index is 269. The van der Waals surface area contributed by atoms with Crippen LogP contribution in [0.25, 0.3) is 0 Å². The van der Waals surface area contributed by atoms with Crippen LogP contribution in [-0.4, -0.2) is 61.7 Å². The van der Waals surface area contributed by atoms with Crippen LogP contribution in [0.5, 0.6) is 0 Å². The molecule has 3 heteroatoms. The van der Waals surface area contributed by atoms with E-state index in [0.29, 0.717) is 11.6 Å². The maximum Gasteiger partial charge on any atom is 0.0330 e. The minimum atomic E-state index is 0.459. The van der Waals surface area contributed by atoms with Gasteiger partial charge in [-0.05, 0) is 59.7 Å². The second-order valence-corrected chi connectivity index (χ2v) is 7.01. The lowest BCUT2D eigenvalue weighted by molar-refractivity contribution is 0.0149. The summed E-state index contributed by atoms with van der Waals surface area (Å²) in [5.41, 5.74) is 0.459. The Morgan fingerprint density at radius 3 is 2.32 bits per heavy atom. The van der Waals surface area contributed by atoms with E-state index < -0.39 is 0 Å². The molecule has 2 saturated carbocycles. The third kappa shape index (κ3) is 3.93. The lowest BCUT2D eigenvalue weighted by atomic mass is 9.75. The second-order valence-electron chi connectivity index (χ2n) is 7.01. The zero-order valence-corrected chi connectivity index (χ0v) is 13.4. The average molecular weight is 267 g/mol. The average Bonchev–Trinajstić information content (AvgIpc) is 3.12. The summed E-state index contributed by atoms with van der Waals surface area (Å²) in [7, 11) is 6.84. The maximum atomic E-state index is 3.72. The van der Waals surface area contributed by atoms with Crippen LogP contribution in [0.15, 0.2) is 0 Å². The number of hydrogen-bond donors (Lipinski definition) is 1. The van der Waals surface area contributed by atoms with Crippen molar-refractivity contribution in [3.8, 4) is 0 Å². The molecule has 2 fully saturated rings. The maximum absolute atomic E-state index is 3.72. The summed E-state index contributed by atoms with van der Waals surface area (Å²) in [6.45, 7) is 4.72. The summed E-state index contributed by atoms with van der Waals surface area (Å²) in [6.07, 6.45) is 9.55. The number of nitrogens with one attached hydrogen (secondary N) is 1. The van der Waals surface area contributed by atoms with Gasteiger partial charge in [-0.15, -0.1) is 0 Å². The minimum Gasteiger partial charge on any atom is -0.312 e. The van der Waals surface area contributed by atoms with E-state index in [1.54, 1.807) is 0 Å². The zero-order valence-electron chi connectivity index (χ0n) is 13.4. The van der Waals surface area contributed by atoms with Gasteiger partial charge in [0.05, 0.1) is 0 Å². The van der Waals surface area contributed by atoms with E-state index in [1.807, 2.05) is 0 Å². The van der Waals surface area contributed by atoms with Crippen molar-refractivity contribution in [3.63, 3.8) is 0 Å². The molecule has 0 spiro atoms. The number of rotatable bonds is 9. The van der Waals surface area contributed by atoms with Gasteiger partial charge >= 0.3 is 0 Å². The zero-order chi connectivity index (χ0) is 13.9. The molecule has 0 radical (unpaired) electrons. The predicted octanol–water partition coefficient (Wildman–Crippen LogP) is 2.32. The Kier molecular flexibility index (Phi) is 5.27. The van der Waals surface area contributed by atoms with Crippen molar-refractivity contribution < 1.29 is 0 Å². The molecule has 112 valence electrons. The van der Waals surface area contributed by atoms with Gasteiger partial charge < -0.3 is 15.1 Å². The summed E-state index contributed by atoms with van der Waals surface area (Å²) in [5, 5.41) is 3.72. The fourth-order valence-electron chi connectivity index (χ4n) is 3.33. The van der Waals surface area contributed by atoms with Crippen LogP contribution in [0.3, 0.4) is 0 Å². The fourth-order valence-corrected chi connectivity index (χ4v) is 3.33. The quantitative estimate of drug-likeness (QED) is 0.692. The molecule has 3 nitrogen and oxygen atoms in total. The molecule has 0 aromatic rings. The molecule has 2 aliphatic carbocycles. The van der Waals surface area contributed by atoms with Gasteiger partial charge in [0, 0.05) is 30.7 Å². The predicted molar refractivity (Wildman–Crippen MR) is 82.6 cm³/mol. The number of hydrogen-bond acceptors (Lipinski definition) is 3. The first-order chi connectivity index (χ1) is 9.07. The van der Waals surface area contributed by atoms with Crippen LogP contribution in [0.1, 0.15) is 51.9 Å². The molecule has 0 aliphatic heterocycles. The standard InChI is InChI=1S/C16H33N3/c1-5-7-15(12-17-14-8-9-14)19(4)13-16(18(2)3)10-6-11-16/h14-15,17H,5-13H2,1-4H3. The molecular weight excluding hydrogens is 234 g/mol. The van der Waals surface area contributed by atoms with E-state index in [4.69, 9.17) is 0 Å². The number of nitrogens with zero attached hydrogens (tertiary/aromatic N) is 2. The van der Waals surface area contributed by atoms with Crippen molar-refractivity contribution in [1.29, 1.82) is 0 Å². The molecule has 0 aromatic carbocycles. The summed E-state index contributed by atoms with van der Waals surface area (Å²) < 4.78 is 0. The summed E-state index contributed by atoms with van der Waals surface area (Å²) in [6, 6.07) is 1.54. The largest absolute Gasteiger partial charge is 0.312 e. The smallest absolute Gasteiger partial charge is 0.0330 e. The lowest BCUT2D eigenvalue weighted by Gasteiger charge is -2.50. The molecule has 1 atom stereocenters. The number of likely N-dealkylation sites (N-methyl/N-ethyl adjacent to an activating group) is 2. The molecule has 1 unspecified atom stereocenters. The van der Waals surface area contributed by atoms with Crippen LogP contribution < -0.4 is 5.32 Å². The van der Waals surface area contributed by atoms with Crippen molar-refractivity contribution in [2.24, 2.45) is 0 Å². The minimum absolute atomic E-state index is 0.459. The Morgan fingerprint density at radius 1 is 1.21 bits per heavy atom. The van der Waals surface area contributed by atoms with Crippen LogP contribution in [0.2, 0.25) is 0 Å². The monoisotopic (exact) mass is 267 g/mol. The molecule has 19 heavy (non-hydrogen) atoms. The van der Waals surface area contributed by atoms with Gasteiger partial charge in [0.25, 0.3) is 0 Å². The summed E-state index contributed by atoms with van der Waals surface area (Å²) in [4.78, 5) is 5.09. The summed E-state index contributed by atoms with van der Waals surface area (Å²) >= 11 is 0. The third-order valence-electron chi connectivity index (χ3n) is 5.24. The molecule has 1 N–H and O–H groups in total. The van der Waals surface area contributed by atoms with Crippen molar-refractivity contribution >= 4 is 0 Å². The molecule has 0 bridgehead atoms. The van der Waals surface area contributed by atoms with Gasteiger partial charge in [0.2, 0.25) is 0 Å². The van der Waals surface area contributed by atoms with Crippen LogP contribution in [0, 0.1) is 0 Å². The highest BCUT2D eigenvalue weighted by atomic mass is 15.2. The molecule has 0 aromatic heterocycles. The van der Waals surface area contributed by atoms with Gasteiger partial charge in [-0.3, -0.25) is 0 Å². The first kappa shape index (κ1) is 15.3. The van der Waals surface area contributed by atoms with Gasteiger partial charge in [-0.2, -0.15) is 0 Å². The normalized spacial score (nSPS) is 23.7. The summed E-state index contributed by atoms with van der Waals surface area (Å²) in [5.74, 6) is 0. The Hall–Kier alpha value is -0.120. The van der Waals surface area contributed by atoms with E-state index in [-0.39, 0.29) is 0 Å². The van der Waals surface area contributed by atoms with Crippen LogP contribution in [0.4, 0.5) is 0 Å². The van der Waals surface area contributed by atoms with E-state index in [2.05, 4.69) is 43.2 Å². The first-order valence-electron chi connectivity index (χ1n) is 8.18. The second kappa shape index (κ2) is 6.55. The highest BCUT2D eigenvalue weighted by Crippen LogP contribution is 2.37. The highest BCUT2D eigenvalue weighted by molar-refractivity contribution is 4.99. The Balaban J connectivity index is 1.84. The van der Waals surface area contributed by atoms with Gasteiger partial charge in [0.1, 0.15) is 0 Å². The van der Waals surface area contributed by atoms with Crippen molar-refractivity contribution in [3.05, 3.63) is 0 Å². The molecular formula is C16H33N3. The van der Waals surface area contributed by atoms with Gasteiger partial charge in [-0.1, -0.05) is 13.3 Å². The van der Waals surface area contributed by atoms with Crippen molar-refractivity contribution in [2.75, 3.05) is 34.2 Å². The topological polar surface area (TPSA) is 18.5 Å². The van der Waals surface area contributed by atoms with E-state index in [9.17, 15) is 0 Å². The molecule has 2 rings (SSSR count). The SMILES string of the molecule is CCCC(CNC1CC1)N(C)CC1(N(C)C)CCC1. The fraction of sp³-hybridized carbons (Fsp3) is 1.00. The molecule has 0 saturated heterocycles. The van der Waals surface area contributed by atoms with Gasteiger partial charge in [-0.25, -0.2) is 0 Å². The van der Waals surface area contributed by atoms with Crippen LogP contribution >= 0.6 is 0 Å². The van der Waals surface area contributed by atoms with E-state index in [0.717, 1.165) is 6.04 Å². The van der Waals surface area contributed by atoms with Crippen LogP contribution in [-0.2, 0) is 0 Å². The Labute approximate surface area is 119 Å². The van der Waals surface area contributed by atoms with E-state index in [1.165, 1.54) is 58.0 Å². The molecule has 0 heterocycles. The van der Waals surface area contributed by atoms with Crippen molar-refractivity contribution in [1.82, 2.24) is 15.1 Å². The molecule has 2 aliphatic rings. The third-order valence-corrected chi connectivity index (χ3v) is 5.24. The highest BCUT2D eigenvalue weighted by Gasteiger charge is 2.40. The Morgan fingerprint density at radius 2 is 1.89 bits per heavy atom.